The van der Waals surface area contributed by atoms with Crippen LogP contribution in [-0.2, 0) is 17.9 Å². The molecular weight excluding hydrogens is 164 g/mol. The smallest absolute Gasteiger partial charge is 0.239 e. The third-order valence-corrected chi connectivity index (χ3v) is 1.67. The number of carbonyl (C=O) groups is 1. The van der Waals surface area contributed by atoms with Crippen LogP contribution < -0.4 is 5.32 Å². The van der Waals surface area contributed by atoms with Crippen molar-refractivity contribution in [2.24, 2.45) is 0 Å². The van der Waals surface area contributed by atoms with Gasteiger partial charge >= 0.3 is 0 Å². The van der Waals surface area contributed by atoms with Gasteiger partial charge in [0.15, 0.2) is 0 Å². The van der Waals surface area contributed by atoms with Gasteiger partial charge in [0.25, 0.3) is 0 Å². The molecule has 1 N–H and O–H groups in total. The van der Waals surface area contributed by atoms with Gasteiger partial charge in [0, 0.05) is 12.1 Å². The second-order valence-electron chi connectivity index (χ2n) is 2.63. The van der Waals surface area contributed by atoms with Gasteiger partial charge in [-0.2, -0.15) is 0 Å². The fourth-order valence-electron chi connectivity index (χ4n) is 1.01. The average Bonchev–Trinajstić information content (AvgIpc) is 2.17. The van der Waals surface area contributed by atoms with E-state index in [1.54, 1.807) is 0 Å². The summed E-state index contributed by atoms with van der Waals surface area (Å²) >= 11 is 0. The zero-order valence-corrected chi connectivity index (χ0v) is 7.16. The van der Waals surface area contributed by atoms with Gasteiger partial charge in [-0.1, -0.05) is 24.3 Å². The number of nitrogens with one attached hydrogen (secondary N) is 1. The second kappa shape index (κ2) is 4.94. The number of rotatable bonds is 4. The molecule has 0 aliphatic carbocycles. The van der Waals surface area contributed by atoms with Crippen LogP contribution in [-0.4, -0.2) is 6.41 Å². The molecule has 0 aliphatic heterocycles. The minimum Gasteiger partial charge on any atom is -0.355 e. The molecule has 0 aromatic heterocycles. The molecule has 0 saturated heterocycles. The van der Waals surface area contributed by atoms with E-state index >= 15 is 0 Å². The molecule has 3 heteroatoms. The highest BCUT2D eigenvalue weighted by molar-refractivity contribution is 5.46. The minimum absolute atomic E-state index is 0.418. The van der Waals surface area contributed by atoms with Gasteiger partial charge in [0.2, 0.25) is 13.0 Å². The first-order valence-electron chi connectivity index (χ1n) is 3.95. The number of hydrogen-bond acceptors (Lipinski definition) is 1. The zero-order valence-electron chi connectivity index (χ0n) is 7.16. The molecule has 1 rings (SSSR count). The molecule has 0 saturated carbocycles. The maximum atomic E-state index is 10.00. The predicted molar refractivity (Wildman–Crippen MR) is 49.7 cm³/mol. The van der Waals surface area contributed by atoms with Crippen molar-refractivity contribution in [3.8, 4) is 0 Å². The van der Waals surface area contributed by atoms with E-state index in [0.29, 0.717) is 19.5 Å². The Hall–Kier alpha value is -1.82. The van der Waals surface area contributed by atoms with Crippen LogP contribution in [0.4, 0.5) is 0 Å². The van der Waals surface area contributed by atoms with Crippen LogP contribution in [0.2, 0.25) is 0 Å². The monoisotopic (exact) mass is 174 g/mol. The summed E-state index contributed by atoms with van der Waals surface area (Å²) in [7, 11) is 0. The van der Waals surface area contributed by atoms with E-state index in [1.165, 1.54) is 0 Å². The van der Waals surface area contributed by atoms with Gasteiger partial charge in [-0.25, -0.2) is 6.57 Å². The quantitative estimate of drug-likeness (QED) is 0.542. The standard InChI is InChI=1S/C10H10N2O/c1-11-6-9-2-4-10(5-3-9)7-12-8-13/h2-5,8H,6-7H2,(H,12,13). The molecule has 0 radical (unpaired) electrons. The van der Waals surface area contributed by atoms with Gasteiger partial charge in [-0.15, -0.1) is 0 Å². The highest BCUT2D eigenvalue weighted by Gasteiger charge is 1.95. The maximum Gasteiger partial charge on any atom is 0.239 e. The highest BCUT2D eigenvalue weighted by Crippen LogP contribution is 2.04. The molecule has 0 spiro atoms. The molecule has 1 amide bonds. The molecule has 1 aromatic carbocycles. The highest BCUT2D eigenvalue weighted by atomic mass is 16.1. The van der Waals surface area contributed by atoms with Crippen molar-refractivity contribution in [1.82, 2.24) is 5.32 Å². The Morgan fingerprint density at radius 2 is 1.92 bits per heavy atom. The molecule has 3 nitrogen and oxygen atoms in total. The molecule has 0 fully saturated rings. The van der Waals surface area contributed by atoms with E-state index in [-0.39, 0.29) is 0 Å². The summed E-state index contributed by atoms with van der Waals surface area (Å²) in [6.07, 6.45) is 0.674. The third-order valence-electron chi connectivity index (χ3n) is 1.67. The van der Waals surface area contributed by atoms with Crippen LogP contribution in [0.15, 0.2) is 24.3 Å². The topological polar surface area (TPSA) is 33.5 Å². The lowest BCUT2D eigenvalue weighted by Crippen LogP contribution is -2.09. The number of hydrogen-bond donors (Lipinski definition) is 1. The first-order valence-corrected chi connectivity index (χ1v) is 3.95. The van der Waals surface area contributed by atoms with Crippen LogP contribution in [0.5, 0.6) is 0 Å². The van der Waals surface area contributed by atoms with Crippen molar-refractivity contribution in [2.75, 3.05) is 0 Å². The Balaban J connectivity index is 2.59. The van der Waals surface area contributed by atoms with Gasteiger partial charge < -0.3 is 10.2 Å². The molecular formula is C10H10N2O. The molecule has 13 heavy (non-hydrogen) atoms. The van der Waals surface area contributed by atoms with E-state index in [4.69, 9.17) is 6.57 Å². The van der Waals surface area contributed by atoms with Crippen molar-refractivity contribution in [3.05, 3.63) is 46.8 Å². The molecule has 0 bridgehead atoms. The van der Waals surface area contributed by atoms with E-state index in [9.17, 15) is 4.79 Å². The maximum absolute atomic E-state index is 10.00. The lowest BCUT2D eigenvalue weighted by molar-refractivity contribution is -0.109. The molecule has 0 atom stereocenters. The van der Waals surface area contributed by atoms with E-state index < -0.39 is 0 Å². The lowest BCUT2D eigenvalue weighted by Gasteiger charge is -1.99. The normalized spacial score (nSPS) is 8.85. The van der Waals surface area contributed by atoms with Crippen molar-refractivity contribution in [2.45, 2.75) is 13.1 Å². The first kappa shape index (κ1) is 9.27. The summed E-state index contributed by atoms with van der Waals surface area (Å²) in [6, 6.07) is 7.63. The second-order valence-corrected chi connectivity index (χ2v) is 2.63. The fourth-order valence-corrected chi connectivity index (χ4v) is 1.01. The van der Waals surface area contributed by atoms with Crippen LogP contribution in [0.25, 0.3) is 4.85 Å². The van der Waals surface area contributed by atoms with Gasteiger partial charge in [0.1, 0.15) is 0 Å². The number of benzene rings is 1. The molecule has 66 valence electrons. The molecule has 0 unspecified atom stereocenters. The third kappa shape index (κ3) is 2.96. The Bertz CT molecular complexity index is 311. The summed E-state index contributed by atoms with van der Waals surface area (Å²) in [5.74, 6) is 0. The zero-order chi connectivity index (χ0) is 9.52. The van der Waals surface area contributed by atoms with Crippen LogP contribution in [0, 0.1) is 6.57 Å². The summed E-state index contributed by atoms with van der Waals surface area (Å²) in [6.45, 7) is 7.63. The van der Waals surface area contributed by atoms with Crippen LogP contribution in [0.3, 0.4) is 0 Å². The van der Waals surface area contributed by atoms with Crippen molar-refractivity contribution < 1.29 is 4.79 Å². The van der Waals surface area contributed by atoms with Crippen molar-refractivity contribution in [1.29, 1.82) is 0 Å². The van der Waals surface area contributed by atoms with Crippen molar-refractivity contribution >= 4 is 6.41 Å². The van der Waals surface area contributed by atoms with Crippen molar-refractivity contribution in [3.63, 3.8) is 0 Å². The van der Waals surface area contributed by atoms with Gasteiger partial charge in [-0.3, -0.25) is 4.79 Å². The van der Waals surface area contributed by atoms with Gasteiger partial charge in [-0.05, 0) is 5.56 Å². The summed E-state index contributed by atoms with van der Waals surface area (Å²) in [5.41, 5.74) is 2.05. The minimum atomic E-state index is 0.418. The SMILES string of the molecule is [C-]#[N+]Cc1ccc(CNC=O)cc1. The van der Waals surface area contributed by atoms with Crippen LogP contribution in [0.1, 0.15) is 11.1 Å². The largest absolute Gasteiger partial charge is 0.355 e. The Morgan fingerprint density at radius 3 is 2.46 bits per heavy atom. The first-order chi connectivity index (χ1) is 6.36. The fraction of sp³-hybridized carbons (Fsp3) is 0.200. The lowest BCUT2D eigenvalue weighted by atomic mass is 10.1. The Labute approximate surface area is 77.2 Å². The number of amides is 1. The van der Waals surface area contributed by atoms with Gasteiger partial charge in [0.05, 0.1) is 0 Å². The van der Waals surface area contributed by atoms with Crippen LogP contribution >= 0.6 is 0 Å². The molecule has 0 aliphatic rings. The molecule has 0 heterocycles. The van der Waals surface area contributed by atoms with E-state index in [2.05, 4.69) is 10.2 Å². The summed E-state index contributed by atoms with van der Waals surface area (Å²) in [4.78, 5) is 13.3. The van der Waals surface area contributed by atoms with E-state index in [0.717, 1.165) is 11.1 Å². The Morgan fingerprint density at radius 1 is 1.31 bits per heavy atom. The Kier molecular flexibility index (Phi) is 3.52. The average molecular weight is 174 g/mol. The van der Waals surface area contributed by atoms with E-state index in [1.807, 2.05) is 24.3 Å². The summed E-state index contributed by atoms with van der Waals surface area (Å²) in [5, 5.41) is 2.57. The number of nitrogens with zero attached hydrogens (tertiary/aromatic N) is 1. The number of carbonyl (C=O) groups excluding carboxylic acids is 1. The molecule has 1 aromatic rings. The predicted octanol–water partition coefficient (Wildman–Crippen LogP) is 1.35. The summed E-state index contributed by atoms with van der Waals surface area (Å²) < 4.78 is 0.